The molecular formula is C9H18O2Zn. The number of ketones is 2. The van der Waals surface area contributed by atoms with Crippen molar-refractivity contribution in [1.29, 1.82) is 0 Å². The molecule has 0 aliphatic rings. The maximum Gasteiger partial charge on any atom is 2.00 e. The molecule has 12 heavy (non-hydrogen) atoms. The van der Waals surface area contributed by atoms with Gasteiger partial charge in [-0.05, 0) is 13.8 Å². The van der Waals surface area contributed by atoms with Crippen molar-refractivity contribution in [3.63, 3.8) is 0 Å². The van der Waals surface area contributed by atoms with Crippen molar-refractivity contribution in [2.24, 2.45) is 0 Å². The molecule has 0 saturated heterocycles. The Morgan fingerprint density at radius 1 is 0.917 bits per heavy atom. The Morgan fingerprint density at radius 3 is 1.08 bits per heavy atom. The van der Waals surface area contributed by atoms with Crippen LogP contribution in [0, 0.1) is 13.8 Å². The third-order valence-corrected chi connectivity index (χ3v) is 0.498. The molecule has 0 bridgehead atoms. The van der Waals surface area contributed by atoms with Crippen molar-refractivity contribution in [3.05, 3.63) is 13.8 Å². The molecule has 0 aliphatic heterocycles. The van der Waals surface area contributed by atoms with Gasteiger partial charge in [0.15, 0.2) is 0 Å². The van der Waals surface area contributed by atoms with Gasteiger partial charge >= 0.3 is 19.5 Å². The predicted octanol–water partition coefficient (Wildman–Crippen LogP) is 2.23. The Morgan fingerprint density at radius 2 is 1.08 bits per heavy atom. The fourth-order valence-corrected chi connectivity index (χ4v) is 0.351. The Balaban J connectivity index is -0.0000000560. The molecule has 0 saturated carbocycles. The molecule has 3 heteroatoms. The normalized spacial score (nSPS) is 5.83. The zero-order valence-corrected chi connectivity index (χ0v) is 11.6. The third-order valence-electron chi connectivity index (χ3n) is 0.498. The summed E-state index contributed by atoms with van der Waals surface area (Å²) >= 11 is 0. The van der Waals surface area contributed by atoms with E-state index in [1.54, 1.807) is 13.8 Å². The second-order valence-corrected chi connectivity index (χ2v) is 1.58. The van der Waals surface area contributed by atoms with Crippen LogP contribution in [-0.4, -0.2) is 11.6 Å². The molecule has 68 valence electrons. The monoisotopic (exact) mass is 222 g/mol. The van der Waals surface area contributed by atoms with Gasteiger partial charge in [0.2, 0.25) is 0 Å². The third kappa shape index (κ3) is 51.0. The molecule has 0 aromatic rings. The van der Waals surface area contributed by atoms with Crippen LogP contribution in [0.4, 0.5) is 0 Å². The van der Waals surface area contributed by atoms with E-state index < -0.39 is 0 Å². The van der Waals surface area contributed by atoms with Crippen LogP contribution in [0.25, 0.3) is 0 Å². The first-order valence-corrected chi connectivity index (χ1v) is 3.53. The second kappa shape index (κ2) is 22.4. The predicted molar refractivity (Wildman–Crippen MR) is 48.0 cm³/mol. The summed E-state index contributed by atoms with van der Waals surface area (Å²) in [5.41, 5.74) is 0. The average molecular weight is 224 g/mol. The molecule has 0 unspecified atom stereocenters. The Hall–Kier alpha value is -0.0366. The molecule has 0 amide bonds. The van der Waals surface area contributed by atoms with Gasteiger partial charge in [0.25, 0.3) is 0 Å². The molecule has 0 atom stereocenters. The van der Waals surface area contributed by atoms with E-state index in [0.29, 0.717) is 0 Å². The van der Waals surface area contributed by atoms with Crippen molar-refractivity contribution in [3.8, 4) is 0 Å². The summed E-state index contributed by atoms with van der Waals surface area (Å²) in [6, 6.07) is 0. The van der Waals surface area contributed by atoms with Crippen LogP contribution < -0.4 is 0 Å². The first-order valence-electron chi connectivity index (χ1n) is 3.53. The average Bonchev–Trinajstić information content (AvgIpc) is 1.93. The summed E-state index contributed by atoms with van der Waals surface area (Å²) < 4.78 is 0. The summed E-state index contributed by atoms with van der Waals surface area (Å²) in [4.78, 5) is 20.1. The van der Waals surface area contributed by atoms with Crippen LogP contribution in [0.2, 0.25) is 0 Å². The largest absolute Gasteiger partial charge is 2.00 e. The number of rotatable bonds is 2. The van der Waals surface area contributed by atoms with E-state index in [2.05, 4.69) is 13.8 Å². The van der Waals surface area contributed by atoms with Crippen LogP contribution >= 0.6 is 0 Å². The minimum atomic E-state index is -0.0625. The Kier molecular flexibility index (Phi) is 42.4. The van der Waals surface area contributed by atoms with Crippen LogP contribution in [-0.2, 0) is 29.1 Å². The van der Waals surface area contributed by atoms with Gasteiger partial charge in [-0.2, -0.15) is 13.8 Å². The maximum atomic E-state index is 10.0. The molecule has 2 nitrogen and oxygen atoms in total. The summed E-state index contributed by atoms with van der Waals surface area (Å²) in [5.74, 6) is -0.125. The van der Waals surface area contributed by atoms with E-state index in [4.69, 9.17) is 0 Å². The number of hydrogen-bond donors (Lipinski definition) is 0. The molecule has 0 aromatic heterocycles. The number of carbonyl (C=O) groups excluding carboxylic acids is 2. The molecule has 0 heterocycles. The van der Waals surface area contributed by atoms with Gasteiger partial charge in [-0.25, -0.2) is 0 Å². The molecule has 0 aliphatic carbocycles. The quantitative estimate of drug-likeness (QED) is 0.409. The fraction of sp³-hybridized carbons (Fsp3) is 0.556. The van der Waals surface area contributed by atoms with Gasteiger partial charge in [-0.1, -0.05) is 0 Å². The van der Waals surface area contributed by atoms with Gasteiger partial charge in [-0.15, -0.1) is 0 Å². The first-order chi connectivity index (χ1) is 5.13. The minimum absolute atomic E-state index is 0. The van der Waals surface area contributed by atoms with E-state index in [0.717, 1.165) is 0 Å². The smallest absolute Gasteiger partial charge is 0.346 e. The molecular weight excluding hydrogens is 205 g/mol. The van der Waals surface area contributed by atoms with Crippen LogP contribution in [0.1, 0.15) is 34.1 Å². The van der Waals surface area contributed by atoms with Crippen LogP contribution in [0.3, 0.4) is 0 Å². The van der Waals surface area contributed by atoms with Crippen molar-refractivity contribution in [2.75, 3.05) is 0 Å². The van der Waals surface area contributed by atoms with Gasteiger partial charge in [0.1, 0.15) is 11.6 Å². The molecule has 0 rings (SSSR count). The van der Waals surface area contributed by atoms with E-state index in [-0.39, 0.29) is 37.5 Å². The number of Topliss-reactive ketones (excluding diaryl/α,β-unsaturated/α-hetero) is 2. The van der Waals surface area contributed by atoms with Crippen LogP contribution in [0.15, 0.2) is 0 Å². The van der Waals surface area contributed by atoms with Crippen molar-refractivity contribution in [1.82, 2.24) is 0 Å². The zero-order chi connectivity index (χ0) is 9.86. The van der Waals surface area contributed by atoms with E-state index >= 15 is 0 Å². The van der Waals surface area contributed by atoms with Gasteiger partial charge in [-0.3, -0.25) is 9.59 Å². The second-order valence-electron chi connectivity index (χ2n) is 1.58. The summed E-state index contributed by atoms with van der Waals surface area (Å²) in [6.45, 7) is 12.8. The molecule has 0 aromatic carbocycles. The SMILES string of the molecule is CC(=O)CC(C)=O.[CH2-]C.[CH2-]C.[Zn+2]. The maximum absolute atomic E-state index is 10.0. The van der Waals surface area contributed by atoms with Crippen molar-refractivity contribution in [2.45, 2.75) is 34.1 Å². The summed E-state index contributed by atoms with van der Waals surface area (Å²) in [6.07, 6.45) is 0.0833. The molecule has 0 radical (unpaired) electrons. The summed E-state index contributed by atoms with van der Waals surface area (Å²) in [5, 5.41) is 0. The van der Waals surface area contributed by atoms with Gasteiger partial charge in [0.05, 0.1) is 6.42 Å². The van der Waals surface area contributed by atoms with Crippen molar-refractivity contribution < 1.29 is 29.1 Å². The first kappa shape index (κ1) is 22.7. The topological polar surface area (TPSA) is 34.1 Å². The minimum Gasteiger partial charge on any atom is -0.346 e. The summed E-state index contributed by atoms with van der Waals surface area (Å²) in [7, 11) is 0. The standard InChI is InChI=1S/C5H8O2.2C2H5.Zn/c1-4(6)3-5(2)7;2*1-2;/h3H2,1-2H3;2*1H2,2H3;/q;2*-1;+2. The zero-order valence-electron chi connectivity index (χ0n) is 8.64. The van der Waals surface area contributed by atoms with Crippen LogP contribution in [0.5, 0.6) is 0 Å². The van der Waals surface area contributed by atoms with Gasteiger partial charge < -0.3 is 13.8 Å². The number of hydrogen-bond acceptors (Lipinski definition) is 2. The van der Waals surface area contributed by atoms with Crippen molar-refractivity contribution >= 4 is 11.6 Å². The molecule has 0 N–H and O–H groups in total. The van der Waals surface area contributed by atoms with E-state index in [1.165, 1.54) is 13.8 Å². The molecule has 0 spiro atoms. The number of carbonyl (C=O) groups is 2. The fourth-order valence-electron chi connectivity index (χ4n) is 0.351. The Bertz CT molecular complexity index is 88.7. The Labute approximate surface area is 88.9 Å². The van der Waals surface area contributed by atoms with E-state index in [1.807, 2.05) is 0 Å². The molecule has 0 fully saturated rings. The van der Waals surface area contributed by atoms with E-state index in [9.17, 15) is 9.59 Å². The van der Waals surface area contributed by atoms with Gasteiger partial charge in [0, 0.05) is 0 Å².